The first-order valence-corrected chi connectivity index (χ1v) is 13.3. The molecule has 0 atom stereocenters. The van der Waals surface area contributed by atoms with Gasteiger partial charge >= 0.3 is 0 Å². The molecule has 0 saturated heterocycles. The molecule has 190 valence electrons. The fraction of sp³-hybridized carbons (Fsp3) is 0.238. The highest BCUT2D eigenvalue weighted by Crippen LogP contribution is 2.26. The summed E-state index contributed by atoms with van der Waals surface area (Å²) < 4.78 is 71.8. The number of methoxy groups -OCH3 is 1. The lowest BCUT2D eigenvalue weighted by molar-refractivity contribution is -0.119. The number of amides is 1. The number of benzene rings is 2. The van der Waals surface area contributed by atoms with Gasteiger partial charge in [-0.25, -0.2) is 0 Å². The Bertz CT molecular complexity index is 1350. The molecule has 14 heteroatoms. The number of nitrogens with one attached hydrogen (secondary N) is 3. The van der Waals surface area contributed by atoms with Crippen LogP contribution in [0, 0.1) is 0 Å². The number of anilines is 2. The van der Waals surface area contributed by atoms with E-state index in [1.165, 1.54) is 49.6 Å². The minimum Gasteiger partial charge on any atom is -0.375 e. The third-order valence-corrected chi connectivity index (χ3v) is 6.30. The Balaban J connectivity index is 2.45. The van der Waals surface area contributed by atoms with E-state index in [2.05, 4.69) is 16.0 Å². The van der Waals surface area contributed by atoms with Gasteiger partial charge in [0.25, 0.3) is 20.2 Å². The van der Waals surface area contributed by atoms with Crippen molar-refractivity contribution in [1.29, 1.82) is 0 Å². The smallest absolute Gasteiger partial charge is 0.295 e. The summed E-state index contributed by atoms with van der Waals surface area (Å²) in [5.41, 5.74) is 0.433. The van der Waals surface area contributed by atoms with Gasteiger partial charge in [-0.1, -0.05) is 24.3 Å². The van der Waals surface area contributed by atoms with Crippen LogP contribution in [-0.4, -0.2) is 56.7 Å². The highest BCUT2D eigenvalue weighted by molar-refractivity contribution is 7.86. The lowest BCUT2D eigenvalue weighted by atomic mass is 10.1. The molecule has 5 N–H and O–H groups in total. The first kappa shape index (κ1) is 28.4. The Morgan fingerprint density at radius 1 is 0.943 bits per heavy atom. The number of rotatable bonds is 9. The molecular weight excluding hydrogens is 518 g/mol. The third kappa shape index (κ3) is 8.69. The molecule has 0 fully saturated rings. The topological polar surface area (TPSA) is 171 Å². The van der Waals surface area contributed by atoms with E-state index in [0.29, 0.717) is 5.69 Å². The van der Waals surface area contributed by atoms with E-state index in [-0.39, 0.29) is 34.6 Å². The van der Waals surface area contributed by atoms with Crippen LogP contribution in [0.25, 0.3) is 12.2 Å². The van der Waals surface area contributed by atoms with Crippen molar-refractivity contribution in [3.05, 3.63) is 47.5 Å². The molecule has 11 nitrogen and oxygen atoms in total. The summed E-state index contributed by atoms with van der Waals surface area (Å²) in [6.07, 6.45) is 2.50. The van der Waals surface area contributed by atoms with Crippen molar-refractivity contribution in [3.63, 3.8) is 0 Å². The Hall–Kier alpha value is -2.88. The van der Waals surface area contributed by atoms with Crippen LogP contribution in [0.5, 0.6) is 0 Å². The molecule has 0 radical (unpaired) electrons. The number of carbonyl (C=O) groups is 1. The molecule has 2 aromatic rings. The van der Waals surface area contributed by atoms with Gasteiger partial charge in [0.2, 0.25) is 5.91 Å². The maximum Gasteiger partial charge on any atom is 0.295 e. The number of thiocarbonyl (C=S) groups is 1. The fourth-order valence-corrected chi connectivity index (χ4v) is 4.66. The lowest BCUT2D eigenvalue weighted by Gasteiger charge is -2.14. The molecule has 0 aliphatic heterocycles. The van der Waals surface area contributed by atoms with Gasteiger partial charge in [0.05, 0.1) is 0 Å². The van der Waals surface area contributed by atoms with Gasteiger partial charge in [0.1, 0.15) is 16.4 Å². The van der Waals surface area contributed by atoms with E-state index in [9.17, 15) is 30.7 Å². The Morgan fingerprint density at radius 3 is 1.80 bits per heavy atom. The second-order valence-electron chi connectivity index (χ2n) is 7.52. The number of ether oxygens (including phenoxy) is 1. The summed E-state index contributed by atoms with van der Waals surface area (Å²) in [5.74, 6) is -0.536. The monoisotopic (exact) mass is 543 g/mol. The third-order valence-electron chi connectivity index (χ3n) is 4.26. The largest absolute Gasteiger partial charge is 0.375 e. The molecule has 0 saturated carbocycles. The molecule has 0 heterocycles. The Morgan fingerprint density at radius 2 is 1.40 bits per heavy atom. The average molecular weight is 544 g/mol. The number of hydrogen-bond donors (Lipinski definition) is 5. The number of hydrogen-bond acceptors (Lipinski definition) is 7. The molecule has 0 bridgehead atoms. The van der Waals surface area contributed by atoms with Crippen molar-refractivity contribution in [3.8, 4) is 0 Å². The van der Waals surface area contributed by atoms with Crippen LogP contribution in [0.4, 0.5) is 11.4 Å². The van der Waals surface area contributed by atoms with Gasteiger partial charge in [-0.15, -0.1) is 0 Å². The van der Waals surface area contributed by atoms with Crippen molar-refractivity contribution in [1.82, 2.24) is 5.32 Å². The second kappa shape index (κ2) is 11.7. The fourth-order valence-electron chi connectivity index (χ4n) is 2.88. The van der Waals surface area contributed by atoms with Crippen molar-refractivity contribution in [2.24, 2.45) is 0 Å². The zero-order valence-corrected chi connectivity index (χ0v) is 21.4. The van der Waals surface area contributed by atoms with Crippen LogP contribution in [0.1, 0.15) is 25.0 Å². The van der Waals surface area contributed by atoms with Gasteiger partial charge in [0.15, 0.2) is 5.11 Å². The first-order valence-electron chi connectivity index (χ1n) is 9.98. The van der Waals surface area contributed by atoms with E-state index < -0.39 is 35.9 Å². The quantitative estimate of drug-likeness (QED) is 0.179. The van der Waals surface area contributed by atoms with E-state index >= 15 is 0 Å². The minimum atomic E-state index is -4.71. The molecule has 0 aliphatic rings. The van der Waals surface area contributed by atoms with Gasteiger partial charge < -0.3 is 20.7 Å². The SMILES string of the molecule is COCC(=O)Nc1ccc(/C=C/c2ccc(NC(=S)NC(C)C)cc2S(=O)(=O)O)c(S(=O)(=O)O)c1. The molecule has 1 amide bonds. The maximum absolute atomic E-state index is 12.0. The average Bonchev–Trinajstić information content (AvgIpc) is 2.71. The van der Waals surface area contributed by atoms with Crippen molar-refractivity contribution < 1.29 is 35.5 Å². The standard InChI is InChI=1S/C21H25N3O8S3/c1-13(2)22-21(33)24-17-9-7-15(19(11-17)35(29,30)31)5-4-14-6-8-16(23-20(25)12-32-3)10-18(14)34(26,27)28/h4-11,13H,12H2,1-3H3,(H,23,25)(H2,22,24,33)(H,26,27,28)(H,29,30,31)/b5-4+. The van der Waals surface area contributed by atoms with E-state index in [1.54, 1.807) is 0 Å². The van der Waals surface area contributed by atoms with Crippen molar-refractivity contribution in [2.45, 2.75) is 29.7 Å². The highest BCUT2D eigenvalue weighted by Gasteiger charge is 2.18. The van der Waals surface area contributed by atoms with Crippen LogP contribution in [0.15, 0.2) is 46.2 Å². The summed E-state index contributed by atoms with van der Waals surface area (Å²) >= 11 is 5.14. The van der Waals surface area contributed by atoms with Crippen LogP contribution >= 0.6 is 12.2 Å². The van der Waals surface area contributed by atoms with E-state index in [4.69, 9.17) is 17.0 Å². The molecule has 2 rings (SSSR count). The predicted molar refractivity (Wildman–Crippen MR) is 136 cm³/mol. The minimum absolute atomic E-state index is 0.00282. The Kier molecular flexibility index (Phi) is 9.48. The summed E-state index contributed by atoms with van der Waals surface area (Å²) in [6, 6.07) is 7.84. The zero-order chi connectivity index (χ0) is 26.4. The first-order chi connectivity index (χ1) is 16.2. The van der Waals surface area contributed by atoms with E-state index in [0.717, 1.165) is 6.07 Å². The second-order valence-corrected chi connectivity index (χ2v) is 10.7. The predicted octanol–water partition coefficient (Wildman–Crippen LogP) is 2.63. The normalized spacial score (nSPS) is 12.1. The van der Waals surface area contributed by atoms with Crippen molar-refractivity contribution >= 4 is 67.0 Å². The Labute approximate surface area is 209 Å². The van der Waals surface area contributed by atoms with Crippen LogP contribution in [0.3, 0.4) is 0 Å². The van der Waals surface area contributed by atoms with Gasteiger partial charge in [-0.3, -0.25) is 13.9 Å². The molecular formula is C21H25N3O8S3. The molecule has 0 spiro atoms. The summed E-state index contributed by atoms with van der Waals surface area (Å²) in [5, 5.41) is 8.42. The zero-order valence-electron chi connectivity index (χ0n) is 19.0. The summed E-state index contributed by atoms with van der Waals surface area (Å²) in [4.78, 5) is 10.7. The van der Waals surface area contributed by atoms with Gasteiger partial charge in [0, 0.05) is 24.5 Å². The van der Waals surface area contributed by atoms with Crippen LogP contribution in [0.2, 0.25) is 0 Å². The van der Waals surface area contributed by atoms with E-state index in [1.807, 2.05) is 13.8 Å². The summed E-state index contributed by atoms with van der Waals surface area (Å²) in [7, 11) is -8.06. The van der Waals surface area contributed by atoms with Crippen LogP contribution in [-0.2, 0) is 29.8 Å². The number of carbonyl (C=O) groups excluding carboxylic acids is 1. The summed E-state index contributed by atoms with van der Waals surface area (Å²) in [6.45, 7) is 3.48. The van der Waals surface area contributed by atoms with Gasteiger partial charge in [-0.2, -0.15) is 16.8 Å². The van der Waals surface area contributed by atoms with Gasteiger partial charge in [-0.05, 0) is 61.5 Å². The maximum atomic E-state index is 12.0. The molecule has 0 aromatic heterocycles. The highest BCUT2D eigenvalue weighted by atomic mass is 32.2. The molecule has 0 unspecified atom stereocenters. The molecule has 2 aromatic carbocycles. The molecule has 35 heavy (non-hydrogen) atoms. The molecule has 0 aliphatic carbocycles. The van der Waals surface area contributed by atoms with Crippen LogP contribution < -0.4 is 16.0 Å². The lowest BCUT2D eigenvalue weighted by Crippen LogP contribution is -2.33. The van der Waals surface area contributed by atoms with Crippen molar-refractivity contribution in [2.75, 3.05) is 24.4 Å².